The van der Waals surface area contributed by atoms with Crippen LogP contribution in [0.4, 0.5) is 10.2 Å². The van der Waals surface area contributed by atoms with E-state index < -0.39 is 0 Å². The summed E-state index contributed by atoms with van der Waals surface area (Å²) in [7, 11) is 0. The smallest absolute Gasteiger partial charge is 0.256 e. The molecule has 1 aliphatic rings. The lowest BCUT2D eigenvalue weighted by Gasteiger charge is -2.14. The zero-order valence-corrected chi connectivity index (χ0v) is 17.5. The SMILES string of the molecule is O=C(Nc1cc2cc(-c3cncc(CN4CCCC4)c3)cnc2cn1)c1ccc(F)cc1. The lowest BCUT2D eigenvalue weighted by Crippen LogP contribution is -2.18. The summed E-state index contributed by atoms with van der Waals surface area (Å²) in [6.45, 7) is 3.19. The number of carbonyl (C=O) groups excluding carboxylic acids is 1. The number of amides is 1. The zero-order chi connectivity index (χ0) is 21.9. The summed E-state index contributed by atoms with van der Waals surface area (Å²) >= 11 is 0. The fourth-order valence-electron chi connectivity index (χ4n) is 3.98. The maximum Gasteiger partial charge on any atom is 0.256 e. The van der Waals surface area contributed by atoms with Crippen molar-refractivity contribution in [3.05, 3.63) is 84.2 Å². The summed E-state index contributed by atoms with van der Waals surface area (Å²) in [5.74, 6) is -0.325. The number of fused-ring (bicyclic) bond motifs is 1. The Bertz CT molecular complexity index is 1270. The Morgan fingerprint density at radius 2 is 1.72 bits per heavy atom. The van der Waals surface area contributed by atoms with Crippen LogP contribution in [0.1, 0.15) is 28.8 Å². The number of likely N-dealkylation sites (tertiary alicyclic amines) is 1. The van der Waals surface area contributed by atoms with Crippen LogP contribution in [0.15, 0.2) is 67.3 Å². The molecule has 3 aromatic heterocycles. The molecule has 4 heterocycles. The van der Waals surface area contributed by atoms with Crippen molar-refractivity contribution in [2.45, 2.75) is 19.4 Å². The number of nitrogens with zero attached hydrogens (tertiary/aromatic N) is 4. The van der Waals surface area contributed by atoms with Crippen molar-refractivity contribution in [3.8, 4) is 11.1 Å². The van der Waals surface area contributed by atoms with E-state index >= 15 is 0 Å². The molecule has 1 saturated heterocycles. The molecule has 0 bridgehead atoms. The quantitative estimate of drug-likeness (QED) is 0.501. The lowest BCUT2D eigenvalue weighted by atomic mass is 10.1. The summed E-state index contributed by atoms with van der Waals surface area (Å²) in [5.41, 5.74) is 4.24. The number of carbonyl (C=O) groups is 1. The van der Waals surface area contributed by atoms with Gasteiger partial charge >= 0.3 is 0 Å². The third-order valence-electron chi connectivity index (χ3n) is 5.65. The van der Waals surface area contributed by atoms with Crippen LogP contribution in [0.3, 0.4) is 0 Å². The van der Waals surface area contributed by atoms with Crippen molar-refractivity contribution in [2.24, 2.45) is 0 Å². The Hall–Kier alpha value is -3.71. The monoisotopic (exact) mass is 427 g/mol. The highest BCUT2D eigenvalue weighted by atomic mass is 19.1. The number of nitrogens with one attached hydrogen (secondary N) is 1. The molecule has 0 aliphatic carbocycles. The third kappa shape index (κ3) is 4.48. The number of pyridine rings is 3. The number of hydrogen-bond acceptors (Lipinski definition) is 5. The maximum absolute atomic E-state index is 13.1. The van der Waals surface area contributed by atoms with E-state index in [1.807, 2.05) is 24.7 Å². The summed E-state index contributed by atoms with van der Waals surface area (Å²) < 4.78 is 13.1. The fraction of sp³-hybridized carbons (Fsp3) is 0.200. The van der Waals surface area contributed by atoms with Gasteiger partial charge in [-0.3, -0.25) is 19.7 Å². The summed E-state index contributed by atoms with van der Waals surface area (Å²) in [6, 6.07) is 11.4. The summed E-state index contributed by atoms with van der Waals surface area (Å²) in [5, 5.41) is 3.62. The number of aromatic nitrogens is 3. The number of anilines is 1. The molecule has 1 N–H and O–H groups in total. The molecule has 4 aromatic rings. The molecule has 0 unspecified atom stereocenters. The van der Waals surface area contributed by atoms with Gasteiger partial charge in [-0.05, 0) is 74.0 Å². The average molecular weight is 427 g/mol. The predicted octanol–water partition coefficient (Wildman–Crippen LogP) is 4.68. The van der Waals surface area contributed by atoms with Gasteiger partial charge in [-0.15, -0.1) is 0 Å². The lowest BCUT2D eigenvalue weighted by molar-refractivity contribution is 0.102. The molecule has 7 heteroatoms. The summed E-state index contributed by atoms with van der Waals surface area (Å²) in [6.07, 6.45) is 9.72. The van der Waals surface area contributed by atoms with Crippen LogP contribution in [0.5, 0.6) is 0 Å². The van der Waals surface area contributed by atoms with Gasteiger partial charge in [0.15, 0.2) is 0 Å². The molecule has 160 valence electrons. The van der Waals surface area contributed by atoms with Crippen LogP contribution in [0.2, 0.25) is 0 Å². The first-order valence-electron chi connectivity index (χ1n) is 10.6. The van der Waals surface area contributed by atoms with Gasteiger partial charge in [-0.25, -0.2) is 9.37 Å². The maximum atomic E-state index is 13.1. The Kier molecular flexibility index (Phi) is 5.56. The molecule has 0 spiro atoms. The van der Waals surface area contributed by atoms with Crippen LogP contribution < -0.4 is 5.32 Å². The van der Waals surface area contributed by atoms with Crippen LogP contribution in [0.25, 0.3) is 22.0 Å². The first-order chi connectivity index (χ1) is 15.6. The minimum Gasteiger partial charge on any atom is -0.307 e. The van der Waals surface area contributed by atoms with Gasteiger partial charge in [0.05, 0.1) is 11.7 Å². The Labute approximate surface area is 185 Å². The van der Waals surface area contributed by atoms with Crippen molar-refractivity contribution in [3.63, 3.8) is 0 Å². The van der Waals surface area contributed by atoms with Crippen LogP contribution in [0, 0.1) is 5.82 Å². The number of halogens is 1. The van der Waals surface area contributed by atoms with E-state index in [0.29, 0.717) is 11.4 Å². The van der Waals surface area contributed by atoms with Crippen LogP contribution >= 0.6 is 0 Å². The van der Waals surface area contributed by atoms with E-state index in [2.05, 4.69) is 31.2 Å². The van der Waals surface area contributed by atoms with Gasteiger partial charge in [0.25, 0.3) is 5.91 Å². The predicted molar refractivity (Wildman–Crippen MR) is 122 cm³/mol. The first-order valence-corrected chi connectivity index (χ1v) is 10.6. The van der Waals surface area contributed by atoms with Crippen molar-refractivity contribution >= 4 is 22.6 Å². The van der Waals surface area contributed by atoms with Crippen molar-refractivity contribution in [2.75, 3.05) is 18.4 Å². The molecule has 5 rings (SSSR count). The zero-order valence-electron chi connectivity index (χ0n) is 17.5. The van der Waals surface area contributed by atoms with Gasteiger partial charge in [-0.2, -0.15) is 0 Å². The molecule has 6 nitrogen and oxygen atoms in total. The van der Waals surface area contributed by atoms with Gasteiger partial charge in [0, 0.05) is 47.2 Å². The number of rotatable bonds is 5. The van der Waals surface area contributed by atoms with Gasteiger partial charge < -0.3 is 5.32 Å². The van der Waals surface area contributed by atoms with Gasteiger partial charge in [0.2, 0.25) is 0 Å². The molecule has 1 aromatic carbocycles. The van der Waals surface area contributed by atoms with E-state index in [1.165, 1.54) is 42.7 Å². The number of hydrogen-bond donors (Lipinski definition) is 1. The second kappa shape index (κ2) is 8.80. The van der Waals surface area contributed by atoms with E-state index in [0.717, 1.165) is 41.7 Å². The fourth-order valence-corrected chi connectivity index (χ4v) is 3.98. The molecular weight excluding hydrogens is 405 g/mol. The Balaban J connectivity index is 1.38. The molecule has 0 radical (unpaired) electrons. The average Bonchev–Trinajstić information content (AvgIpc) is 3.32. The van der Waals surface area contributed by atoms with Crippen molar-refractivity contribution in [1.29, 1.82) is 0 Å². The Morgan fingerprint density at radius 3 is 2.53 bits per heavy atom. The van der Waals surface area contributed by atoms with E-state index in [4.69, 9.17) is 0 Å². The Morgan fingerprint density at radius 1 is 0.938 bits per heavy atom. The largest absolute Gasteiger partial charge is 0.307 e. The second-order valence-electron chi connectivity index (χ2n) is 8.01. The van der Waals surface area contributed by atoms with Crippen molar-refractivity contribution in [1.82, 2.24) is 19.9 Å². The highest BCUT2D eigenvalue weighted by Crippen LogP contribution is 2.25. The highest BCUT2D eigenvalue weighted by molar-refractivity contribution is 6.04. The topological polar surface area (TPSA) is 71.0 Å². The minimum atomic E-state index is -0.386. The molecule has 32 heavy (non-hydrogen) atoms. The molecule has 1 amide bonds. The molecule has 1 aliphatic heterocycles. The van der Waals surface area contributed by atoms with Gasteiger partial charge in [-0.1, -0.05) is 0 Å². The standard InChI is InChI=1S/C25H22FN5O/c26-22-5-3-18(4-6-22)25(32)30-24-11-19-10-21(14-28-23(19)15-29-24)20-9-17(12-27-13-20)16-31-7-1-2-8-31/h3-6,9-15H,1-2,7-8,16H2,(H,29,30,32). The normalized spacial score (nSPS) is 14.0. The molecule has 0 atom stereocenters. The van der Waals surface area contributed by atoms with Crippen LogP contribution in [-0.2, 0) is 6.54 Å². The minimum absolute atomic E-state index is 0.347. The molecule has 1 fully saturated rings. The van der Waals surface area contributed by atoms with E-state index in [1.54, 1.807) is 12.3 Å². The highest BCUT2D eigenvalue weighted by Gasteiger charge is 2.13. The van der Waals surface area contributed by atoms with E-state index in [-0.39, 0.29) is 11.7 Å². The van der Waals surface area contributed by atoms with E-state index in [9.17, 15) is 9.18 Å². The van der Waals surface area contributed by atoms with Gasteiger partial charge in [0.1, 0.15) is 11.6 Å². The second-order valence-corrected chi connectivity index (χ2v) is 8.01. The van der Waals surface area contributed by atoms with Crippen molar-refractivity contribution < 1.29 is 9.18 Å². The molecule has 0 saturated carbocycles. The molecular formula is C25H22FN5O. The third-order valence-corrected chi connectivity index (χ3v) is 5.65. The van der Waals surface area contributed by atoms with Crippen LogP contribution in [-0.4, -0.2) is 38.8 Å². The number of benzene rings is 1. The summed E-state index contributed by atoms with van der Waals surface area (Å²) in [4.78, 5) is 28.1. The first kappa shape index (κ1) is 20.2.